The molecule has 3 fully saturated rings. The van der Waals surface area contributed by atoms with Crippen LogP contribution in [0.15, 0.2) is 24.5 Å². The van der Waals surface area contributed by atoms with E-state index in [9.17, 15) is 0 Å². The Bertz CT molecular complexity index is 447. The maximum atomic E-state index is 4.16. The molecular formula is C17H25N3. The predicted molar refractivity (Wildman–Crippen MR) is 80.4 cm³/mol. The fourth-order valence-electron chi connectivity index (χ4n) is 4.78. The lowest BCUT2D eigenvalue weighted by Gasteiger charge is -2.39. The molecule has 4 unspecified atom stereocenters. The first-order valence-corrected chi connectivity index (χ1v) is 8.25. The average molecular weight is 271 g/mol. The van der Waals surface area contributed by atoms with Gasteiger partial charge in [-0.1, -0.05) is 6.42 Å². The number of fused-ring (bicyclic) bond motifs is 2. The topological polar surface area (TPSA) is 28.2 Å². The Hall–Kier alpha value is -0.930. The zero-order valence-corrected chi connectivity index (χ0v) is 12.2. The van der Waals surface area contributed by atoms with Crippen LogP contribution < -0.4 is 5.32 Å². The van der Waals surface area contributed by atoms with Gasteiger partial charge < -0.3 is 5.32 Å². The Morgan fingerprint density at radius 2 is 2.10 bits per heavy atom. The van der Waals surface area contributed by atoms with Gasteiger partial charge in [0.15, 0.2) is 0 Å². The van der Waals surface area contributed by atoms with Gasteiger partial charge in [0.2, 0.25) is 0 Å². The second-order valence-corrected chi connectivity index (χ2v) is 6.93. The molecule has 2 saturated carbocycles. The summed E-state index contributed by atoms with van der Waals surface area (Å²) in [5.74, 6) is 3.07. The van der Waals surface area contributed by atoms with Crippen molar-refractivity contribution in [1.29, 1.82) is 0 Å². The predicted octanol–water partition coefficient (Wildman–Crippen LogP) is 2.46. The molecule has 1 aromatic rings. The third kappa shape index (κ3) is 2.38. The minimum atomic E-state index is 0.547. The summed E-state index contributed by atoms with van der Waals surface area (Å²) in [6.45, 7) is 4.74. The molecule has 3 heteroatoms. The fourth-order valence-corrected chi connectivity index (χ4v) is 4.78. The Morgan fingerprint density at radius 1 is 1.20 bits per heavy atom. The standard InChI is InChI=1S/C17H25N3/c1-2-15-9-13(1)10-16(15)12-20-8-7-19-11-17(20)14-3-5-18-6-4-14/h3-6,13,15-17,19H,1-2,7-12H2. The molecule has 0 spiro atoms. The van der Waals surface area contributed by atoms with E-state index in [1.54, 1.807) is 0 Å². The quantitative estimate of drug-likeness (QED) is 0.915. The Morgan fingerprint density at radius 3 is 2.85 bits per heavy atom. The van der Waals surface area contributed by atoms with Gasteiger partial charge in [0.1, 0.15) is 0 Å². The van der Waals surface area contributed by atoms with E-state index in [1.165, 1.54) is 44.3 Å². The summed E-state index contributed by atoms with van der Waals surface area (Å²) in [6.07, 6.45) is 9.89. The maximum absolute atomic E-state index is 4.16. The zero-order chi connectivity index (χ0) is 13.4. The molecule has 2 heterocycles. The molecule has 1 saturated heterocycles. The molecule has 0 aromatic carbocycles. The van der Waals surface area contributed by atoms with Crippen LogP contribution in [-0.4, -0.2) is 36.1 Å². The van der Waals surface area contributed by atoms with Crippen molar-refractivity contribution in [2.24, 2.45) is 17.8 Å². The van der Waals surface area contributed by atoms with Gasteiger partial charge in [0.25, 0.3) is 0 Å². The van der Waals surface area contributed by atoms with Crippen LogP contribution in [0.4, 0.5) is 0 Å². The molecule has 1 aliphatic heterocycles. The smallest absolute Gasteiger partial charge is 0.0474 e. The lowest BCUT2D eigenvalue weighted by Crippen LogP contribution is -2.48. The van der Waals surface area contributed by atoms with Crippen molar-refractivity contribution in [1.82, 2.24) is 15.2 Å². The van der Waals surface area contributed by atoms with Crippen molar-refractivity contribution in [3.63, 3.8) is 0 Å². The van der Waals surface area contributed by atoms with E-state index in [0.717, 1.165) is 30.8 Å². The highest BCUT2D eigenvalue weighted by Crippen LogP contribution is 2.48. The van der Waals surface area contributed by atoms with Crippen LogP contribution in [0.1, 0.15) is 37.3 Å². The first-order chi connectivity index (χ1) is 9.90. The van der Waals surface area contributed by atoms with Crippen molar-refractivity contribution >= 4 is 0 Å². The van der Waals surface area contributed by atoms with Gasteiger partial charge in [-0.3, -0.25) is 9.88 Å². The lowest BCUT2D eigenvalue weighted by atomic mass is 9.87. The molecule has 2 aliphatic carbocycles. The van der Waals surface area contributed by atoms with Crippen LogP contribution in [-0.2, 0) is 0 Å². The lowest BCUT2D eigenvalue weighted by molar-refractivity contribution is 0.117. The minimum Gasteiger partial charge on any atom is -0.314 e. The number of nitrogens with zero attached hydrogens (tertiary/aromatic N) is 2. The van der Waals surface area contributed by atoms with Crippen LogP contribution in [0.3, 0.4) is 0 Å². The van der Waals surface area contributed by atoms with Crippen molar-refractivity contribution < 1.29 is 0 Å². The zero-order valence-electron chi connectivity index (χ0n) is 12.2. The van der Waals surface area contributed by atoms with Crippen LogP contribution in [0.2, 0.25) is 0 Å². The van der Waals surface area contributed by atoms with Gasteiger partial charge >= 0.3 is 0 Å². The molecule has 1 N–H and O–H groups in total. The SMILES string of the molecule is c1cc(C2CNCCN2CC2CC3CCC2C3)ccn1. The summed E-state index contributed by atoms with van der Waals surface area (Å²) < 4.78 is 0. The molecule has 108 valence electrons. The largest absolute Gasteiger partial charge is 0.314 e. The Labute approximate surface area is 121 Å². The fraction of sp³-hybridized carbons (Fsp3) is 0.706. The van der Waals surface area contributed by atoms with E-state index in [2.05, 4.69) is 27.3 Å². The summed E-state index contributed by atoms with van der Waals surface area (Å²) in [7, 11) is 0. The number of nitrogens with one attached hydrogen (secondary N) is 1. The summed E-state index contributed by atoms with van der Waals surface area (Å²) in [6, 6.07) is 4.92. The maximum Gasteiger partial charge on any atom is 0.0474 e. The summed E-state index contributed by atoms with van der Waals surface area (Å²) in [5, 5.41) is 3.56. The molecule has 1 aromatic heterocycles. The number of pyridine rings is 1. The number of aromatic nitrogens is 1. The van der Waals surface area contributed by atoms with E-state index in [0.29, 0.717) is 6.04 Å². The van der Waals surface area contributed by atoms with Crippen molar-refractivity contribution in [3.05, 3.63) is 30.1 Å². The Kier molecular flexibility index (Phi) is 3.49. The molecule has 2 bridgehead atoms. The van der Waals surface area contributed by atoms with Crippen molar-refractivity contribution in [2.75, 3.05) is 26.2 Å². The van der Waals surface area contributed by atoms with E-state index >= 15 is 0 Å². The van der Waals surface area contributed by atoms with Crippen LogP contribution in [0.5, 0.6) is 0 Å². The monoisotopic (exact) mass is 271 g/mol. The molecule has 3 nitrogen and oxygen atoms in total. The van der Waals surface area contributed by atoms with Gasteiger partial charge in [-0.15, -0.1) is 0 Å². The third-order valence-corrected chi connectivity index (χ3v) is 5.80. The molecule has 0 amide bonds. The van der Waals surface area contributed by atoms with Gasteiger partial charge in [-0.25, -0.2) is 0 Å². The third-order valence-electron chi connectivity index (χ3n) is 5.80. The number of rotatable bonds is 3. The first kappa shape index (κ1) is 12.8. The highest BCUT2D eigenvalue weighted by atomic mass is 15.2. The molecule has 3 aliphatic rings. The summed E-state index contributed by atoms with van der Waals surface area (Å²) >= 11 is 0. The van der Waals surface area contributed by atoms with Crippen LogP contribution in [0, 0.1) is 17.8 Å². The molecule has 0 radical (unpaired) electrons. The average Bonchev–Trinajstić information content (AvgIpc) is 3.11. The Balaban J connectivity index is 1.47. The van der Waals surface area contributed by atoms with Gasteiger partial charge in [-0.2, -0.15) is 0 Å². The van der Waals surface area contributed by atoms with Crippen molar-refractivity contribution in [3.8, 4) is 0 Å². The highest BCUT2D eigenvalue weighted by molar-refractivity contribution is 5.16. The second-order valence-electron chi connectivity index (χ2n) is 6.93. The molecular weight excluding hydrogens is 246 g/mol. The number of hydrogen-bond acceptors (Lipinski definition) is 3. The second kappa shape index (κ2) is 5.45. The van der Waals surface area contributed by atoms with E-state index < -0.39 is 0 Å². The first-order valence-electron chi connectivity index (χ1n) is 8.25. The van der Waals surface area contributed by atoms with Gasteiger partial charge in [0.05, 0.1) is 0 Å². The summed E-state index contributed by atoms with van der Waals surface area (Å²) in [5.41, 5.74) is 1.43. The van der Waals surface area contributed by atoms with Crippen LogP contribution >= 0.6 is 0 Å². The highest BCUT2D eigenvalue weighted by Gasteiger charge is 2.40. The van der Waals surface area contributed by atoms with Crippen molar-refractivity contribution in [2.45, 2.75) is 31.7 Å². The van der Waals surface area contributed by atoms with E-state index in [4.69, 9.17) is 0 Å². The van der Waals surface area contributed by atoms with Crippen LogP contribution in [0.25, 0.3) is 0 Å². The molecule has 4 atom stereocenters. The number of hydrogen-bond donors (Lipinski definition) is 1. The van der Waals surface area contributed by atoms with E-state index in [1.807, 2.05) is 12.4 Å². The number of piperazine rings is 1. The summed E-state index contributed by atoms with van der Waals surface area (Å²) in [4.78, 5) is 6.89. The normalized spacial score (nSPS) is 37.4. The van der Waals surface area contributed by atoms with Gasteiger partial charge in [-0.05, 0) is 54.7 Å². The van der Waals surface area contributed by atoms with Gasteiger partial charge in [0, 0.05) is 44.6 Å². The van der Waals surface area contributed by atoms with E-state index in [-0.39, 0.29) is 0 Å². The molecule has 4 rings (SSSR count). The minimum absolute atomic E-state index is 0.547. The molecule has 20 heavy (non-hydrogen) atoms.